The molecule has 0 aromatic heterocycles. The summed E-state index contributed by atoms with van der Waals surface area (Å²) in [5.74, 6) is -0.723. The van der Waals surface area contributed by atoms with Crippen molar-refractivity contribution in [3.05, 3.63) is 114 Å². The summed E-state index contributed by atoms with van der Waals surface area (Å²) in [6.45, 7) is 5.02. The number of aliphatic hydroxyl groups excluding tert-OH is 1. The topological polar surface area (TPSA) is 149 Å². The van der Waals surface area contributed by atoms with E-state index in [2.05, 4.69) is 20.9 Å². The molecular formula is C37H41FN6O5. The molecule has 4 aromatic rings. The van der Waals surface area contributed by atoms with Gasteiger partial charge in [-0.25, -0.2) is 9.18 Å². The van der Waals surface area contributed by atoms with E-state index >= 15 is 0 Å². The fraction of sp³-hybridized carbons (Fsp3) is 0.270. The molecule has 6 N–H and O–H groups in total. The number of hydrogen-bond acceptors (Lipinski definition) is 7. The highest BCUT2D eigenvalue weighted by atomic mass is 19.1. The van der Waals surface area contributed by atoms with Gasteiger partial charge in [-0.1, -0.05) is 31.2 Å². The molecule has 4 aromatic carbocycles. The Kier molecular flexibility index (Phi) is 11.1. The molecule has 0 saturated heterocycles. The van der Waals surface area contributed by atoms with E-state index in [0.29, 0.717) is 53.7 Å². The molecule has 256 valence electrons. The number of likely N-dealkylation sites (N-methyl/N-ethyl adjacent to an activating group) is 1. The van der Waals surface area contributed by atoms with Crippen LogP contribution in [0.5, 0.6) is 5.75 Å². The number of hydrogen-bond donors (Lipinski definition) is 5. The quantitative estimate of drug-likeness (QED) is 0.137. The summed E-state index contributed by atoms with van der Waals surface area (Å²) >= 11 is 0. The third-order valence-corrected chi connectivity index (χ3v) is 8.39. The Morgan fingerprint density at radius 2 is 1.67 bits per heavy atom. The van der Waals surface area contributed by atoms with E-state index in [4.69, 9.17) is 10.5 Å². The number of aliphatic hydroxyl groups is 1. The molecule has 0 unspecified atom stereocenters. The van der Waals surface area contributed by atoms with E-state index in [9.17, 15) is 23.9 Å². The normalized spacial score (nSPS) is 16.5. The van der Waals surface area contributed by atoms with Crippen molar-refractivity contribution in [1.82, 2.24) is 9.80 Å². The van der Waals surface area contributed by atoms with Gasteiger partial charge in [-0.05, 0) is 86.3 Å². The molecule has 0 aliphatic carbocycles. The van der Waals surface area contributed by atoms with Gasteiger partial charge in [0.2, 0.25) is 0 Å². The van der Waals surface area contributed by atoms with Crippen LogP contribution in [0.1, 0.15) is 40.1 Å². The number of anilines is 4. The standard InChI is InChI=1S/C37H41FN6O5/c1-23-19-44(24(2)22-45)36(47)30-18-29(41-37(48)40-28-14-12-27(38)13-15-28)16-17-33(30)49-34(23)21-43(3)20-25-8-10-26(11-9-25)35(46)42-32-7-5-4-6-31(32)39/h4-18,23-24,34,45H,19-22,39H2,1-3H3,(H,42,46)(H2,40,41,48)/t23-,24-,34-/m0/s1. The Balaban J connectivity index is 1.28. The second-order valence-electron chi connectivity index (χ2n) is 12.4. The molecule has 0 fully saturated rings. The van der Waals surface area contributed by atoms with Crippen molar-refractivity contribution in [3.63, 3.8) is 0 Å². The highest BCUT2D eigenvalue weighted by molar-refractivity contribution is 6.06. The maximum absolute atomic E-state index is 13.8. The van der Waals surface area contributed by atoms with Crippen LogP contribution in [0.4, 0.5) is 31.9 Å². The van der Waals surface area contributed by atoms with E-state index in [-0.39, 0.29) is 36.0 Å². The minimum atomic E-state index is -0.561. The lowest BCUT2D eigenvalue weighted by Crippen LogP contribution is -2.49. The van der Waals surface area contributed by atoms with Crippen molar-refractivity contribution < 1.29 is 28.6 Å². The van der Waals surface area contributed by atoms with Gasteiger partial charge in [0.1, 0.15) is 17.7 Å². The molecule has 1 heterocycles. The van der Waals surface area contributed by atoms with Crippen molar-refractivity contribution in [3.8, 4) is 5.75 Å². The fourth-order valence-corrected chi connectivity index (χ4v) is 5.60. The first-order chi connectivity index (χ1) is 23.5. The highest BCUT2D eigenvalue weighted by Crippen LogP contribution is 2.31. The van der Waals surface area contributed by atoms with Gasteiger partial charge in [0, 0.05) is 42.5 Å². The van der Waals surface area contributed by atoms with Gasteiger partial charge in [-0.3, -0.25) is 14.5 Å². The summed E-state index contributed by atoms with van der Waals surface area (Å²) in [5, 5.41) is 18.2. The summed E-state index contributed by atoms with van der Waals surface area (Å²) < 4.78 is 19.8. The number of halogens is 1. The van der Waals surface area contributed by atoms with Gasteiger partial charge in [0.25, 0.3) is 11.8 Å². The number of nitrogens with one attached hydrogen (secondary N) is 3. The number of para-hydroxylation sites is 2. The van der Waals surface area contributed by atoms with Gasteiger partial charge in [-0.2, -0.15) is 0 Å². The lowest BCUT2D eigenvalue weighted by Gasteiger charge is -2.38. The number of rotatable bonds is 10. The van der Waals surface area contributed by atoms with Crippen LogP contribution >= 0.6 is 0 Å². The van der Waals surface area contributed by atoms with Gasteiger partial charge in [0.15, 0.2) is 0 Å². The van der Waals surface area contributed by atoms with Crippen LogP contribution in [-0.2, 0) is 6.54 Å². The van der Waals surface area contributed by atoms with Crippen molar-refractivity contribution in [2.24, 2.45) is 5.92 Å². The molecule has 1 aliphatic heterocycles. The Morgan fingerprint density at radius 1 is 1.00 bits per heavy atom. The third-order valence-electron chi connectivity index (χ3n) is 8.39. The number of benzene rings is 4. The Hall–Kier alpha value is -5.46. The largest absolute Gasteiger partial charge is 0.488 e. The number of amides is 4. The molecule has 3 atom stereocenters. The fourth-order valence-electron chi connectivity index (χ4n) is 5.60. The van der Waals surface area contributed by atoms with Crippen LogP contribution in [-0.4, -0.2) is 71.6 Å². The SMILES string of the molecule is C[C@H]1CN([C@@H](C)CO)C(=O)c2cc(NC(=O)Nc3ccc(F)cc3)ccc2O[C@H]1CN(C)Cc1ccc(C(=O)Nc2ccccc2N)cc1. The average molecular weight is 669 g/mol. The van der Waals surface area contributed by atoms with Crippen LogP contribution in [0.2, 0.25) is 0 Å². The average Bonchev–Trinajstić information content (AvgIpc) is 3.08. The van der Waals surface area contributed by atoms with E-state index < -0.39 is 17.9 Å². The first-order valence-electron chi connectivity index (χ1n) is 16.0. The summed E-state index contributed by atoms with van der Waals surface area (Å²) in [4.78, 5) is 43.0. The van der Waals surface area contributed by atoms with Crippen LogP contribution in [0, 0.1) is 11.7 Å². The van der Waals surface area contributed by atoms with E-state index in [1.165, 1.54) is 24.3 Å². The van der Waals surface area contributed by atoms with Gasteiger partial charge < -0.3 is 36.4 Å². The summed E-state index contributed by atoms with van der Waals surface area (Å²) in [6.07, 6.45) is -0.327. The number of nitrogens with zero attached hydrogens (tertiary/aromatic N) is 2. The molecule has 1 aliphatic rings. The Bertz CT molecular complexity index is 1790. The first-order valence-corrected chi connectivity index (χ1v) is 16.0. The predicted octanol–water partition coefficient (Wildman–Crippen LogP) is 5.66. The molecule has 0 radical (unpaired) electrons. The highest BCUT2D eigenvalue weighted by Gasteiger charge is 2.33. The Morgan fingerprint density at radius 3 is 2.37 bits per heavy atom. The lowest BCUT2D eigenvalue weighted by atomic mass is 9.99. The number of urea groups is 1. The zero-order chi connectivity index (χ0) is 35.1. The maximum Gasteiger partial charge on any atom is 0.323 e. The number of nitrogens with two attached hydrogens (primary N) is 1. The zero-order valence-corrected chi connectivity index (χ0v) is 27.7. The minimum absolute atomic E-state index is 0.0932. The van der Waals surface area contributed by atoms with Crippen LogP contribution in [0.25, 0.3) is 0 Å². The van der Waals surface area contributed by atoms with E-state index in [1.54, 1.807) is 66.4 Å². The van der Waals surface area contributed by atoms with Crippen LogP contribution in [0.15, 0.2) is 91.0 Å². The Labute approximate surface area is 284 Å². The summed E-state index contributed by atoms with van der Waals surface area (Å²) in [6, 6.07) is 23.6. The van der Waals surface area contributed by atoms with Gasteiger partial charge >= 0.3 is 6.03 Å². The molecule has 11 nitrogen and oxygen atoms in total. The summed E-state index contributed by atoms with van der Waals surface area (Å²) in [7, 11) is 1.97. The van der Waals surface area contributed by atoms with Gasteiger partial charge in [-0.15, -0.1) is 0 Å². The smallest absolute Gasteiger partial charge is 0.323 e. The molecule has 12 heteroatoms. The molecule has 0 spiro atoms. The molecule has 0 saturated carbocycles. The number of nitrogen functional groups attached to an aromatic ring is 1. The molecule has 5 rings (SSSR count). The zero-order valence-electron chi connectivity index (χ0n) is 27.7. The van der Waals surface area contributed by atoms with E-state index in [1.807, 2.05) is 26.1 Å². The monoisotopic (exact) mass is 668 g/mol. The second kappa shape index (κ2) is 15.6. The van der Waals surface area contributed by atoms with E-state index in [0.717, 1.165) is 5.56 Å². The number of carbonyl (C=O) groups excluding carboxylic acids is 3. The lowest BCUT2D eigenvalue weighted by molar-refractivity contribution is 0.0341. The first kappa shape index (κ1) is 34.9. The summed E-state index contributed by atoms with van der Waals surface area (Å²) in [5.41, 5.74) is 9.53. The van der Waals surface area contributed by atoms with Crippen molar-refractivity contribution in [1.29, 1.82) is 0 Å². The van der Waals surface area contributed by atoms with Crippen molar-refractivity contribution in [2.45, 2.75) is 32.5 Å². The molecular weight excluding hydrogens is 627 g/mol. The maximum atomic E-state index is 13.8. The molecule has 4 amide bonds. The van der Waals surface area contributed by atoms with Crippen molar-refractivity contribution in [2.75, 3.05) is 48.4 Å². The third kappa shape index (κ3) is 8.92. The molecule has 0 bridgehead atoms. The van der Waals surface area contributed by atoms with Crippen LogP contribution < -0.4 is 26.4 Å². The molecule has 49 heavy (non-hydrogen) atoms. The number of fused-ring (bicyclic) bond motifs is 1. The van der Waals surface area contributed by atoms with Gasteiger partial charge in [0.05, 0.1) is 29.6 Å². The minimum Gasteiger partial charge on any atom is -0.488 e. The van der Waals surface area contributed by atoms with Crippen LogP contribution in [0.3, 0.4) is 0 Å². The number of carbonyl (C=O) groups is 3. The number of ether oxygens (including phenoxy) is 1. The predicted molar refractivity (Wildman–Crippen MR) is 188 cm³/mol. The van der Waals surface area contributed by atoms with Crippen molar-refractivity contribution >= 4 is 40.6 Å². The second-order valence-corrected chi connectivity index (χ2v) is 12.4.